The van der Waals surface area contributed by atoms with Crippen molar-refractivity contribution in [2.45, 2.75) is 35.8 Å². The lowest BCUT2D eigenvalue weighted by molar-refractivity contribution is 0.605. The van der Waals surface area contributed by atoms with E-state index >= 15 is 0 Å². The molecule has 0 radical (unpaired) electrons. The van der Waals surface area contributed by atoms with Crippen molar-refractivity contribution >= 4 is 34.7 Å². The van der Waals surface area contributed by atoms with Crippen LogP contribution in [0.15, 0.2) is 21.8 Å². The van der Waals surface area contributed by atoms with Crippen molar-refractivity contribution in [3.05, 3.63) is 37.6 Å². The summed E-state index contributed by atoms with van der Waals surface area (Å²) in [5.41, 5.74) is 0.115. The van der Waals surface area contributed by atoms with Gasteiger partial charge < -0.3 is 0 Å². The molecule has 1 aliphatic carbocycles. The minimum absolute atomic E-state index is 0.106. The largest absolute Gasteiger partial charge is 0.329 e. The van der Waals surface area contributed by atoms with Gasteiger partial charge in [-0.25, -0.2) is 4.39 Å². The highest BCUT2D eigenvalue weighted by atomic mass is 35.5. The monoisotopic (exact) mass is 354 g/mol. The van der Waals surface area contributed by atoms with Gasteiger partial charge in [-0.3, -0.25) is 4.79 Å². The maximum absolute atomic E-state index is 14.2. The second kappa shape index (κ2) is 6.07. The fraction of sp³-hybridized carbons (Fsp3) is 0.333. The first-order valence-corrected chi connectivity index (χ1v) is 8.79. The van der Waals surface area contributed by atoms with Gasteiger partial charge in [0, 0.05) is 10.8 Å². The Morgan fingerprint density at radius 2 is 2.32 bits per heavy atom. The molecule has 1 unspecified atom stereocenters. The van der Waals surface area contributed by atoms with Gasteiger partial charge in [-0.05, 0) is 31.9 Å². The zero-order valence-corrected chi connectivity index (χ0v) is 14.1. The van der Waals surface area contributed by atoms with Crippen LogP contribution in [0.1, 0.15) is 30.7 Å². The zero-order chi connectivity index (χ0) is 15.9. The van der Waals surface area contributed by atoms with E-state index in [2.05, 4.69) is 11.0 Å². The Bertz CT molecular complexity index is 820. The van der Waals surface area contributed by atoms with Crippen LogP contribution in [0.3, 0.4) is 0 Å². The molecule has 22 heavy (non-hydrogen) atoms. The Balaban J connectivity index is 2.04. The van der Waals surface area contributed by atoms with Crippen molar-refractivity contribution < 1.29 is 4.39 Å². The van der Waals surface area contributed by atoms with E-state index < -0.39 is 5.82 Å². The smallest absolute Gasteiger partial charge is 0.255 e. The number of aromatic nitrogens is 2. The maximum atomic E-state index is 14.2. The Morgan fingerprint density at radius 1 is 1.59 bits per heavy atom. The molecular weight excluding hydrogens is 343 g/mol. The van der Waals surface area contributed by atoms with Gasteiger partial charge in [-0.2, -0.15) is 9.78 Å². The molecule has 0 spiro atoms. The molecule has 3 rings (SSSR count). The molecule has 1 aromatic carbocycles. The molecule has 1 atom stereocenters. The van der Waals surface area contributed by atoms with E-state index in [9.17, 15) is 9.18 Å². The number of rotatable bonds is 4. The lowest BCUT2D eigenvalue weighted by Gasteiger charge is -2.10. The molecule has 7 heteroatoms. The number of hydrogen-bond acceptors (Lipinski definition) is 4. The summed E-state index contributed by atoms with van der Waals surface area (Å²) in [5, 5.41) is 5.20. The highest BCUT2D eigenvalue weighted by Crippen LogP contribution is 2.40. The Hall–Kier alpha value is -1.29. The van der Waals surface area contributed by atoms with Gasteiger partial charge in [-0.1, -0.05) is 28.9 Å². The van der Waals surface area contributed by atoms with Crippen LogP contribution in [0.4, 0.5) is 4.39 Å². The average molecular weight is 355 g/mol. The summed E-state index contributed by atoms with van der Waals surface area (Å²) >= 11 is 8.48. The first-order chi connectivity index (χ1) is 10.5. The second-order valence-electron chi connectivity index (χ2n) is 5.05. The van der Waals surface area contributed by atoms with Gasteiger partial charge in [0.2, 0.25) is 0 Å². The molecule has 0 bridgehead atoms. The fourth-order valence-electron chi connectivity index (χ4n) is 1.94. The summed E-state index contributed by atoms with van der Waals surface area (Å²) in [6.45, 7) is 1.85. The quantitative estimate of drug-likeness (QED) is 0.613. The summed E-state index contributed by atoms with van der Waals surface area (Å²) in [7, 11) is 0. The number of benzene rings is 1. The van der Waals surface area contributed by atoms with E-state index in [1.54, 1.807) is 0 Å². The molecule has 1 heterocycles. The molecule has 1 saturated carbocycles. The lowest BCUT2D eigenvalue weighted by atomic mass is 10.3. The maximum Gasteiger partial charge on any atom is 0.329 e. The van der Waals surface area contributed by atoms with Crippen molar-refractivity contribution in [1.29, 1.82) is 0 Å². The normalized spacial score (nSPS) is 15.5. The highest BCUT2D eigenvalue weighted by molar-refractivity contribution is 8.00. The third kappa shape index (κ3) is 3.07. The molecule has 3 nitrogen and oxygen atoms in total. The molecule has 1 aliphatic rings. The van der Waals surface area contributed by atoms with Gasteiger partial charge in [0.05, 0.1) is 10.3 Å². The van der Waals surface area contributed by atoms with Gasteiger partial charge >= 0.3 is 4.87 Å². The SMILES string of the molecule is C#CC(C)Sc1cc(-n2nc(C3CC3)sc2=O)c(F)cc1Cl. The Morgan fingerprint density at radius 3 is 2.95 bits per heavy atom. The molecule has 1 aromatic heterocycles. The standard InChI is InChI=1S/C15H12ClFN2OS2/c1-3-8(2)21-13-7-12(11(17)6-10(13)16)19-15(20)22-14(18-19)9-4-5-9/h1,6-9H,4-5H2,2H3. The molecule has 0 amide bonds. The van der Waals surface area contributed by atoms with E-state index in [-0.39, 0.29) is 20.8 Å². The predicted octanol–water partition coefficient (Wildman–Crippen LogP) is 4.08. The van der Waals surface area contributed by atoms with Crippen LogP contribution in [0.2, 0.25) is 5.02 Å². The number of nitrogens with zero attached hydrogens (tertiary/aromatic N) is 2. The van der Waals surface area contributed by atoms with Crippen molar-refractivity contribution in [3.63, 3.8) is 0 Å². The highest BCUT2D eigenvalue weighted by Gasteiger charge is 2.28. The minimum Gasteiger partial charge on any atom is -0.255 e. The van der Waals surface area contributed by atoms with Crippen molar-refractivity contribution in [2.24, 2.45) is 0 Å². The van der Waals surface area contributed by atoms with Gasteiger partial charge in [0.25, 0.3) is 0 Å². The number of thioether (sulfide) groups is 1. The third-order valence-corrected chi connectivity index (χ3v) is 5.74. The Kier molecular flexibility index (Phi) is 4.31. The van der Waals surface area contributed by atoms with Crippen LogP contribution in [-0.4, -0.2) is 15.0 Å². The molecule has 114 valence electrons. The lowest BCUT2D eigenvalue weighted by Crippen LogP contribution is -2.14. The van der Waals surface area contributed by atoms with Crippen LogP contribution < -0.4 is 4.87 Å². The van der Waals surface area contributed by atoms with Gasteiger partial charge in [0.1, 0.15) is 10.7 Å². The second-order valence-corrected chi connectivity index (χ2v) is 7.81. The van der Waals surface area contributed by atoms with Crippen LogP contribution in [0.25, 0.3) is 5.69 Å². The van der Waals surface area contributed by atoms with Crippen LogP contribution in [-0.2, 0) is 0 Å². The van der Waals surface area contributed by atoms with Crippen molar-refractivity contribution in [1.82, 2.24) is 9.78 Å². The van der Waals surface area contributed by atoms with Crippen LogP contribution in [0, 0.1) is 18.2 Å². The summed E-state index contributed by atoms with van der Waals surface area (Å²) in [6.07, 6.45) is 7.44. The first-order valence-electron chi connectivity index (χ1n) is 6.72. The Labute approximate surface area is 140 Å². The van der Waals surface area contributed by atoms with Crippen LogP contribution in [0.5, 0.6) is 0 Å². The van der Waals surface area contributed by atoms with Gasteiger partial charge in [-0.15, -0.1) is 18.2 Å². The van der Waals surface area contributed by atoms with Crippen molar-refractivity contribution in [2.75, 3.05) is 0 Å². The van der Waals surface area contributed by atoms with E-state index in [0.29, 0.717) is 10.8 Å². The third-order valence-electron chi connectivity index (χ3n) is 3.26. The number of hydrogen-bond donors (Lipinski definition) is 0. The number of halogens is 2. The van der Waals surface area contributed by atoms with E-state index in [1.807, 2.05) is 6.92 Å². The molecule has 0 aliphatic heterocycles. The number of terminal acetylenes is 1. The zero-order valence-electron chi connectivity index (χ0n) is 11.7. The topological polar surface area (TPSA) is 34.9 Å². The van der Waals surface area contributed by atoms with E-state index in [1.165, 1.54) is 23.9 Å². The van der Waals surface area contributed by atoms with E-state index in [0.717, 1.165) is 33.9 Å². The minimum atomic E-state index is -0.572. The fourth-order valence-corrected chi connectivity index (χ4v) is 3.95. The summed E-state index contributed by atoms with van der Waals surface area (Å²) in [4.78, 5) is 12.4. The summed E-state index contributed by atoms with van der Waals surface area (Å²) in [6, 6.07) is 2.74. The average Bonchev–Trinajstić information content (AvgIpc) is 3.25. The summed E-state index contributed by atoms with van der Waals surface area (Å²) < 4.78 is 15.3. The van der Waals surface area contributed by atoms with E-state index in [4.69, 9.17) is 18.0 Å². The molecule has 0 N–H and O–H groups in total. The predicted molar refractivity (Wildman–Crippen MR) is 88.8 cm³/mol. The summed E-state index contributed by atoms with van der Waals surface area (Å²) in [5.74, 6) is 2.36. The van der Waals surface area contributed by atoms with Gasteiger partial charge in [0.15, 0.2) is 5.82 Å². The van der Waals surface area contributed by atoms with Crippen LogP contribution >= 0.6 is 34.7 Å². The molecule has 1 fully saturated rings. The molecule has 2 aromatic rings. The molecular formula is C15H12ClFN2OS2. The first kappa shape index (κ1) is 15.6. The van der Waals surface area contributed by atoms with Crippen molar-refractivity contribution in [3.8, 4) is 18.0 Å². The molecule has 0 saturated heterocycles.